The van der Waals surface area contributed by atoms with E-state index < -0.39 is 0 Å². The van der Waals surface area contributed by atoms with Crippen molar-refractivity contribution in [2.24, 2.45) is 5.22 Å². The fraction of sp³-hybridized carbons (Fsp3) is 0.182. The summed E-state index contributed by atoms with van der Waals surface area (Å²) in [5.74, 6) is 1.24. The SMILES string of the molecule is C=C(/C=C(\C)N(N=N)c1cc(OC)ccc1OC)/C=C(\C=C/C)n1cccc1. The summed E-state index contributed by atoms with van der Waals surface area (Å²) < 4.78 is 12.7. The molecule has 0 bridgehead atoms. The van der Waals surface area contributed by atoms with Crippen LogP contribution in [0.15, 0.2) is 90.1 Å². The second kappa shape index (κ2) is 9.97. The number of aromatic nitrogens is 1. The first-order chi connectivity index (χ1) is 13.5. The number of allylic oxidation sites excluding steroid dienone is 7. The third-order valence-electron chi connectivity index (χ3n) is 4.02. The van der Waals surface area contributed by atoms with Gasteiger partial charge in [-0.1, -0.05) is 17.9 Å². The Balaban J connectivity index is 2.38. The highest BCUT2D eigenvalue weighted by molar-refractivity contribution is 5.65. The van der Waals surface area contributed by atoms with Crippen molar-refractivity contribution in [3.05, 3.63) is 84.9 Å². The van der Waals surface area contributed by atoms with Gasteiger partial charge in [0.15, 0.2) is 0 Å². The number of nitrogens with zero attached hydrogens (tertiary/aromatic N) is 3. The molecule has 1 heterocycles. The fourth-order valence-electron chi connectivity index (χ4n) is 2.73. The predicted molar refractivity (Wildman–Crippen MR) is 114 cm³/mol. The Bertz CT molecular complexity index is 909. The standard InChI is InChI=1S/C22H26N4O2/c1-6-9-19(25-12-7-8-13-25)15-17(2)14-18(3)26(24-23)21-16-20(27-4)10-11-22(21)28-5/h6-16,23H,2H2,1,3-5H3/b9-6-,18-14+,19-15+,24-23?. The monoisotopic (exact) mass is 378 g/mol. The van der Waals surface area contributed by atoms with Crippen molar-refractivity contribution in [3.8, 4) is 11.5 Å². The normalized spacial score (nSPS) is 12.1. The molecule has 0 atom stereocenters. The minimum atomic E-state index is 0.590. The first-order valence-corrected chi connectivity index (χ1v) is 8.78. The molecule has 0 amide bonds. The van der Waals surface area contributed by atoms with Crippen molar-refractivity contribution in [1.82, 2.24) is 4.57 Å². The molecule has 146 valence electrons. The zero-order chi connectivity index (χ0) is 20.5. The molecule has 2 aromatic rings. The lowest BCUT2D eigenvalue weighted by Gasteiger charge is -2.21. The number of hydrogen-bond acceptors (Lipinski definition) is 4. The third-order valence-corrected chi connectivity index (χ3v) is 4.02. The van der Waals surface area contributed by atoms with Crippen molar-refractivity contribution in [3.63, 3.8) is 0 Å². The van der Waals surface area contributed by atoms with Gasteiger partial charge in [-0.05, 0) is 61.9 Å². The number of rotatable bonds is 9. The average molecular weight is 378 g/mol. The minimum Gasteiger partial charge on any atom is -0.497 e. The van der Waals surface area contributed by atoms with Crippen LogP contribution >= 0.6 is 0 Å². The van der Waals surface area contributed by atoms with E-state index in [1.54, 1.807) is 32.4 Å². The number of anilines is 1. The lowest BCUT2D eigenvalue weighted by molar-refractivity contribution is 0.403. The van der Waals surface area contributed by atoms with Gasteiger partial charge in [0, 0.05) is 29.9 Å². The van der Waals surface area contributed by atoms with Crippen LogP contribution in [0.3, 0.4) is 0 Å². The Kier molecular flexibility index (Phi) is 7.39. The second-order valence-electron chi connectivity index (χ2n) is 5.97. The summed E-state index contributed by atoms with van der Waals surface area (Å²) in [5.41, 5.74) is 10.7. The van der Waals surface area contributed by atoms with Gasteiger partial charge in [-0.25, -0.2) is 5.01 Å². The summed E-state index contributed by atoms with van der Waals surface area (Å²) in [5, 5.41) is 5.14. The van der Waals surface area contributed by atoms with Gasteiger partial charge in [-0.2, -0.15) is 5.53 Å². The number of hydrogen-bond donors (Lipinski definition) is 1. The molecule has 6 nitrogen and oxygen atoms in total. The van der Waals surface area contributed by atoms with Gasteiger partial charge in [0.2, 0.25) is 0 Å². The zero-order valence-electron chi connectivity index (χ0n) is 16.7. The lowest BCUT2D eigenvalue weighted by atomic mass is 10.2. The summed E-state index contributed by atoms with van der Waals surface area (Å²) >= 11 is 0. The first-order valence-electron chi connectivity index (χ1n) is 8.78. The molecular weight excluding hydrogens is 352 g/mol. The molecule has 0 aliphatic heterocycles. The number of nitrogens with one attached hydrogen (secondary N) is 1. The Hall–Kier alpha value is -3.54. The van der Waals surface area contributed by atoms with E-state index in [-0.39, 0.29) is 0 Å². The van der Waals surface area contributed by atoms with E-state index in [1.807, 2.05) is 67.2 Å². The third kappa shape index (κ3) is 5.01. The summed E-state index contributed by atoms with van der Waals surface area (Å²) in [6.45, 7) is 7.96. The second-order valence-corrected chi connectivity index (χ2v) is 5.97. The molecule has 0 fully saturated rings. The van der Waals surface area contributed by atoms with Crippen molar-refractivity contribution in [2.45, 2.75) is 13.8 Å². The molecule has 6 heteroatoms. The molecule has 1 aromatic heterocycles. The zero-order valence-corrected chi connectivity index (χ0v) is 16.7. The van der Waals surface area contributed by atoms with Crippen LogP contribution in [0.25, 0.3) is 5.70 Å². The van der Waals surface area contributed by atoms with E-state index in [4.69, 9.17) is 15.0 Å². The van der Waals surface area contributed by atoms with Crippen LogP contribution < -0.4 is 14.5 Å². The Morgan fingerprint density at radius 2 is 1.89 bits per heavy atom. The first kappa shape index (κ1) is 20.8. The molecule has 0 unspecified atom stereocenters. The molecule has 28 heavy (non-hydrogen) atoms. The highest BCUT2D eigenvalue weighted by atomic mass is 16.5. The Labute approximate surface area is 166 Å². The van der Waals surface area contributed by atoms with E-state index in [2.05, 4.69) is 11.8 Å². The van der Waals surface area contributed by atoms with Crippen molar-refractivity contribution in [1.29, 1.82) is 5.53 Å². The molecule has 0 radical (unpaired) electrons. The summed E-state index contributed by atoms with van der Waals surface area (Å²) in [6, 6.07) is 9.29. The van der Waals surface area contributed by atoms with Crippen LogP contribution in [-0.4, -0.2) is 18.8 Å². The lowest BCUT2D eigenvalue weighted by Crippen LogP contribution is -2.14. The average Bonchev–Trinajstić information content (AvgIpc) is 3.22. The maximum absolute atomic E-state index is 7.65. The number of benzene rings is 1. The van der Waals surface area contributed by atoms with Crippen LogP contribution in [0.5, 0.6) is 11.5 Å². The molecule has 0 spiro atoms. The van der Waals surface area contributed by atoms with E-state index in [1.165, 1.54) is 5.01 Å². The molecule has 0 aliphatic carbocycles. The predicted octanol–water partition coefficient (Wildman–Crippen LogP) is 5.83. The van der Waals surface area contributed by atoms with E-state index in [0.717, 1.165) is 17.0 Å². The molecular formula is C22H26N4O2. The maximum Gasteiger partial charge on any atom is 0.144 e. The van der Waals surface area contributed by atoms with Crippen LogP contribution in [0, 0.1) is 5.53 Å². The molecule has 0 saturated heterocycles. The van der Waals surface area contributed by atoms with Crippen LogP contribution in [0.2, 0.25) is 0 Å². The molecule has 2 rings (SSSR count). The molecule has 1 aromatic carbocycles. The van der Waals surface area contributed by atoms with Crippen LogP contribution in [0.4, 0.5) is 5.69 Å². The van der Waals surface area contributed by atoms with Gasteiger partial charge < -0.3 is 14.0 Å². The molecule has 0 aliphatic rings. The van der Waals surface area contributed by atoms with Gasteiger partial charge in [-0.3, -0.25) is 0 Å². The number of ether oxygens (including phenoxy) is 2. The van der Waals surface area contributed by atoms with Crippen LogP contribution in [0.1, 0.15) is 13.8 Å². The van der Waals surface area contributed by atoms with Crippen molar-refractivity contribution >= 4 is 11.4 Å². The van der Waals surface area contributed by atoms with Gasteiger partial charge in [-0.15, -0.1) is 0 Å². The van der Waals surface area contributed by atoms with Crippen molar-refractivity contribution < 1.29 is 9.47 Å². The maximum atomic E-state index is 7.65. The van der Waals surface area contributed by atoms with Crippen LogP contribution in [-0.2, 0) is 0 Å². The summed E-state index contributed by atoms with van der Waals surface area (Å²) in [4.78, 5) is 0. The van der Waals surface area contributed by atoms with E-state index in [9.17, 15) is 0 Å². The van der Waals surface area contributed by atoms with Gasteiger partial charge in [0.25, 0.3) is 0 Å². The number of methoxy groups -OCH3 is 2. The summed E-state index contributed by atoms with van der Waals surface area (Å²) in [7, 11) is 3.17. The largest absolute Gasteiger partial charge is 0.497 e. The van der Waals surface area contributed by atoms with Crippen molar-refractivity contribution in [2.75, 3.05) is 19.2 Å². The molecule has 0 saturated carbocycles. The Morgan fingerprint density at radius 1 is 1.18 bits per heavy atom. The van der Waals surface area contributed by atoms with Gasteiger partial charge in [0.05, 0.1) is 14.2 Å². The van der Waals surface area contributed by atoms with E-state index >= 15 is 0 Å². The topological polar surface area (TPSA) is 62.8 Å². The minimum absolute atomic E-state index is 0.590. The highest BCUT2D eigenvalue weighted by Gasteiger charge is 2.15. The quantitative estimate of drug-likeness (QED) is 0.339. The van der Waals surface area contributed by atoms with Gasteiger partial charge in [0.1, 0.15) is 17.2 Å². The van der Waals surface area contributed by atoms with E-state index in [0.29, 0.717) is 17.2 Å². The summed E-state index contributed by atoms with van der Waals surface area (Å²) in [6.07, 6.45) is 11.8. The molecule has 1 N–H and O–H groups in total. The smallest absolute Gasteiger partial charge is 0.144 e. The highest BCUT2D eigenvalue weighted by Crippen LogP contribution is 2.34. The van der Waals surface area contributed by atoms with Gasteiger partial charge >= 0.3 is 0 Å². The fourth-order valence-corrected chi connectivity index (χ4v) is 2.73. The Morgan fingerprint density at radius 3 is 2.46 bits per heavy atom.